The zero-order valence-corrected chi connectivity index (χ0v) is 15.4. The molecule has 0 radical (unpaired) electrons. The Bertz CT molecular complexity index is 818. The molecule has 136 valence electrons. The molecule has 0 spiro atoms. The molecule has 1 aliphatic rings. The Morgan fingerprint density at radius 3 is 2.85 bits per heavy atom. The number of rotatable bonds is 7. The molecule has 0 unspecified atom stereocenters. The Morgan fingerprint density at radius 2 is 2.12 bits per heavy atom. The molecular formula is C18H19N3O4S. The van der Waals surface area contributed by atoms with Crippen molar-refractivity contribution in [1.82, 2.24) is 4.90 Å². The molecule has 0 atom stereocenters. The monoisotopic (exact) mass is 373 g/mol. The largest absolute Gasteiger partial charge is 0.493 e. The highest BCUT2D eigenvalue weighted by Gasteiger charge is 2.28. The first-order chi connectivity index (χ1) is 12.7. The van der Waals surface area contributed by atoms with E-state index in [-0.39, 0.29) is 5.91 Å². The van der Waals surface area contributed by atoms with Gasteiger partial charge < -0.3 is 13.9 Å². The molecule has 1 aromatic carbocycles. The molecule has 2 aromatic rings. The number of hydrogen-bond acceptors (Lipinski definition) is 7. The molecule has 0 saturated carbocycles. The van der Waals surface area contributed by atoms with Crippen LogP contribution in [0.2, 0.25) is 0 Å². The van der Waals surface area contributed by atoms with Gasteiger partial charge in [-0.25, -0.2) is 0 Å². The Kier molecular flexibility index (Phi) is 5.96. The second-order valence-electron chi connectivity index (χ2n) is 5.42. The van der Waals surface area contributed by atoms with Crippen molar-refractivity contribution in [3.8, 4) is 11.5 Å². The smallest absolute Gasteiger partial charge is 0.239 e. The van der Waals surface area contributed by atoms with E-state index in [1.54, 1.807) is 37.5 Å². The summed E-state index contributed by atoms with van der Waals surface area (Å²) in [6.45, 7) is 0.524. The van der Waals surface area contributed by atoms with Crippen molar-refractivity contribution in [2.45, 2.75) is 6.42 Å². The Hall–Kier alpha value is -2.74. The van der Waals surface area contributed by atoms with Gasteiger partial charge in [0, 0.05) is 6.54 Å². The summed E-state index contributed by atoms with van der Waals surface area (Å²) in [6, 6.07) is 9.29. The predicted molar refractivity (Wildman–Crippen MR) is 101 cm³/mol. The maximum absolute atomic E-state index is 12.1. The minimum absolute atomic E-state index is 0.0300. The molecule has 26 heavy (non-hydrogen) atoms. The molecule has 8 heteroatoms. The van der Waals surface area contributed by atoms with Gasteiger partial charge >= 0.3 is 0 Å². The van der Waals surface area contributed by atoms with Crippen molar-refractivity contribution in [3.63, 3.8) is 0 Å². The van der Waals surface area contributed by atoms with Crippen LogP contribution in [0.5, 0.6) is 11.5 Å². The van der Waals surface area contributed by atoms with Crippen LogP contribution in [0.1, 0.15) is 11.3 Å². The van der Waals surface area contributed by atoms with E-state index in [0.29, 0.717) is 41.1 Å². The number of benzene rings is 1. The molecule has 0 N–H and O–H groups in total. The number of methoxy groups -OCH3 is 2. The third-order valence-corrected chi connectivity index (χ3v) is 4.75. The molecular weight excluding hydrogens is 354 g/mol. The van der Waals surface area contributed by atoms with Gasteiger partial charge in [-0.05, 0) is 36.2 Å². The Morgan fingerprint density at radius 1 is 1.27 bits per heavy atom. The van der Waals surface area contributed by atoms with Crippen LogP contribution in [-0.2, 0) is 11.2 Å². The second kappa shape index (κ2) is 8.57. The van der Waals surface area contributed by atoms with Gasteiger partial charge in [0.1, 0.15) is 5.76 Å². The average Bonchev–Trinajstić information content (AvgIpc) is 3.30. The topological polar surface area (TPSA) is 76.6 Å². The summed E-state index contributed by atoms with van der Waals surface area (Å²) in [5.74, 6) is 2.37. The van der Waals surface area contributed by atoms with Crippen molar-refractivity contribution in [3.05, 3.63) is 47.9 Å². The minimum atomic E-state index is 0.0300. The lowest BCUT2D eigenvalue weighted by Crippen LogP contribution is -2.31. The van der Waals surface area contributed by atoms with Crippen molar-refractivity contribution in [2.24, 2.45) is 10.2 Å². The van der Waals surface area contributed by atoms with E-state index < -0.39 is 0 Å². The van der Waals surface area contributed by atoms with Crippen LogP contribution >= 0.6 is 11.8 Å². The zero-order chi connectivity index (χ0) is 18.4. The molecule has 1 aliphatic heterocycles. The zero-order valence-electron chi connectivity index (χ0n) is 14.5. The lowest BCUT2D eigenvalue weighted by atomic mass is 10.1. The molecule has 0 bridgehead atoms. The van der Waals surface area contributed by atoms with E-state index in [1.807, 2.05) is 18.2 Å². The standard InChI is InChI=1S/C18H19N3O4S/c1-23-15-6-5-13(10-16(15)24-2)7-8-21-17(22)12-26-18(21)20-19-11-14-4-3-9-25-14/h3-6,9-11H,7-8,12H2,1-2H3/b19-11+,20-18+. The number of carbonyl (C=O) groups is 1. The Balaban J connectivity index is 1.66. The summed E-state index contributed by atoms with van der Waals surface area (Å²) in [5, 5.41) is 8.75. The number of thioether (sulfide) groups is 1. The summed E-state index contributed by atoms with van der Waals surface area (Å²) in [7, 11) is 3.20. The van der Waals surface area contributed by atoms with Crippen LogP contribution in [-0.4, -0.2) is 48.7 Å². The number of hydrogen-bond donors (Lipinski definition) is 0. The predicted octanol–water partition coefficient (Wildman–Crippen LogP) is 2.80. The SMILES string of the molecule is COc1ccc(CCN2C(=O)CS/C2=N/N=C/c2ccco2)cc1OC. The molecule has 7 nitrogen and oxygen atoms in total. The molecule has 1 saturated heterocycles. The lowest BCUT2D eigenvalue weighted by molar-refractivity contribution is -0.124. The molecule has 1 fully saturated rings. The van der Waals surface area contributed by atoms with Gasteiger partial charge in [-0.2, -0.15) is 5.10 Å². The van der Waals surface area contributed by atoms with Crippen molar-refractivity contribution < 1.29 is 18.7 Å². The van der Waals surface area contributed by atoms with E-state index >= 15 is 0 Å². The Labute approximate surface area is 155 Å². The molecule has 1 amide bonds. The number of carbonyl (C=O) groups excluding carboxylic acids is 1. The van der Waals surface area contributed by atoms with Crippen molar-refractivity contribution in [1.29, 1.82) is 0 Å². The first-order valence-corrected chi connectivity index (χ1v) is 8.98. The molecule has 1 aromatic heterocycles. The van der Waals surface area contributed by atoms with Gasteiger partial charge in [0.25, 0.3) is 0 Å². The normalized spacial score (nSPS) is 16.0. The fourth-order valence-corrected chi connectivity index (χ4v) is 3.33. The van der Waals surface area contributed by atoms with Gasteiger partial charge in [0.05, 0.1) is 32.5 Å². The highest BCUT2D eigenvalue weighted by atomic mass is 32.2. The fourth-order valence-electron chi connectivity index (χ4n) is 2.47. The van der Waals surface area contributed by atoms with Crippen LogP contribution in [0.4, 0.5) is 0 Å². The number of furan rings is 1. The van der Waals surface area contributed by atoms with E-state index in [4.69, 9.17) is 13.9 Å². The maximum atomic E-state index is 12.1. The van der Waals surface area contributed by atoms with Gasteiger partial charge in [-0.3, -0.25) is 9.69 Å². The van der Waals surface area contributed by atoms with Gasteiger partial charge in [0.15, 0.2) is 16.7 Å². The highest BCUT2D eigenvalue weighted by molar-refractivity contribution is 8.15. The molecule has 2 heterocycles. The first kappa shape index (κ1) is 18.1. The van der Waals surface area contributed by atoms with Crippen LogP contribution in [0.25, 0.3) is 0 Å². The van der Waals surface area contributed by atoms with Gasteiger partial charge in [-0.1, -0.05) is 17.8 Å². The van der Waals surface area contributed by atoms with E-state index in [9.17, 15) is 4.79 Å². The second-order valence-corrected chi connectivity index (χ2v) is 6.36. The number of ether oxygens (including phenoxy) is 2. The van der Waals surface area contributed by atoms with Crippen molar-refractivity contribution >= 4 is 29.1 Å². The average molecular weight is 373 g/mol. The lowest BCUT2D eigenvalue weighted by Gasteiger charge is -2.15. The van der Waals surface area contributed by atoms with Crippen LogP contribution in [0.3, 0.4) is 0 Å². The summed E-state index contributed by atoms with van der Waals surface area (Å²) in [5.41, 5.74) is 1.05. The minimum Gasteiger partial charge on any atom is -0.493 e. The van der Waals surface area contributed by atoms with Crippen LogP contribution in [0, 0.1) is 0 Å². The first-order valence-electron chi connectivity index (χ1n) is 8.00. The van der Waals surface area contributed by atoms with E-state index in [1.165, 1.54) is 18.0 Å². The summed E-state index contributed by atoms with van der Waals surface area (Å²) in [6.07, 6.45) is 3.76. The van der Waals surface area contributed by atoms with Gasteiger partial charge in [0.2, 0.25) is 5.91 Å². The van der Waals surface area contributed by atoms with Crippen LogP contribution < -0.4 is 9.47 Å². The van der Waals surface area contributed by atoms with Crippen LogP contribution in [0.15, 0.2) is 51.2 Å². The summed E-state index contributed by atoms with van der Waals surface area (Å²) >= 11 is 1.38. The number of amidine groups is 1. The third kappa shape index (κ3) is 4.26. The van der Waals surface area contributed by atoms with Gasteiger partial charge in [-0.15, -0.1) is 5.10 Å². The fraction of sp³-hybridized carbons (Fsp3) is 0.278. The van der Waals surface area contributed by atoms with E-state index in [0.717, 1.165) is 5.56 Å². The number of amides is 1. The third-order valence-electron chi connectivity index (χ3n) is 3.80. The molecule has 0 aliphatic carbocycles. The highest BCUT2D eigenvalue weighted by Crippen LogP contribution is 2.28. The summed E-state index contributed by atoms with van der Waals surface area (Å²) in [4.78, 5) is 13.8. The summed E-state index contributed by atoms with van der Waals surface area (Å²) < 4.78 is 15.7. The number of nitrogens with zero attached hydrogens (tertiary/aromatic N) is 3. The van der Waals surface area contributed by atoms with E-state index in [2.05, 4.69) is 10.2 Å². The van der Waals surface area contributed by atoms with Crippen molar-refractivity contribution in [2.75, 3.05) is 26.5 Å². The quantitative estimate of drug-likeness (QED) is 0.551. The molecule has 3 rings (SSSR count). The maximum Gasteiger partial charge on any atom is 0.239 e.